The normalized spacial score (nSPS) is 22.7. The molecule has 2 rings (SSSR count). The van der Waals surface area contributed by atoms with Crippen molar-refractivity contribution < 1.29 is 10.0 Å². The number of carbonyl (C=O) groups is 1. The van der Waals surface area contributed by atoms with Gasteiger partial charge in [-0.3, -0.25) is 4.79 Å². The van der Waals surface area contributed by atoms with E-state index in [9.17, 15) is 4.79 Å². The van der Waals surface area contributed by atoms with Crippen LogP contribution in [-0.4, -0.2) is 17.0 Å². The molecular formula is C12H14BrN3O2. The Hall–Kier alpha value is -1.56. The third-order valence-electron chi connectivity index (χ3n) is 3.08. The molecule has 0 saturated heterocycles. The molecular weight excluding hydrogens is 298 g/mol. The van der Waals surface area contributed by atoms with Crippen LogP contribution in [-0.2, 0) is 4.79 Å². The minimum atomic E-state index is 0.0318. The lowest BCUT2D eigenvalue weighted by atomic mass is 10.2. The van der Waals surface area contributed by atoms with Gasteiger partial charge in [-0.25, -0.2) is 0 Å². The maximum absolute atomic E-state index is 11.8. The Morgan fingerprint density at radius 2 is 2.28 bits per heavy atom. The van der Waals surface area contributed by atoms with Crippen molar-refractivity contribution in [3.8, 4) is 0 Å². The van der Waals surface area contributed by atoms with E-state index in [1.54, 1.807) is 18.2 Å². The van der Waals surface area contributed by atoms with Gasteiger partial charge in [0.25, 0.3) is 0 Å². The monoisotopic (exact) mass is 311 g/mol. The molecule has 1 aromatic rings. The largest absolute Gasteiger partial charge is 0.409 e. The van der Waals surface area contributed by atoms with Crippen LogP contribution in [0.3, 0.4) is 0 Å². The highest BCUT2D eigenvalue weighted by Gasteiger charge is 2.39. The van der Waals surface area contributed by atoms with Crippen LogP contribution in [0.15, 0.2) is 27.8 Å². The van der Waals surface area contributed by atoms with E-state index in [0.29, 0.717) is 21.6 Å². The molecule has 0 aliphatic heterocycles. The van der Waals surface area contributed by atoms with E-state index in [4.69, 9.17) is 10.9 Å². The van der Waals surface area contributed by atoms with E-state index in [1.165, 1.54) is 0 Å². The highest BCUT2D eigenvalue weighted by atomic mass is 79.9. The van der Waals surface area contributed by atoms with Crippen molar-refractivity contribution in [2.24, 2.45) is 22.7 Å². The Bertz CT molecular complexity index is 516. The molecule has 0 bridgehead atoms. The minimum absolute atomic E-state index is 0.0318. The molecule has 2 atom stereocenters. The first kappa shape index (κ1) is 12.9. The molecule has 1 aromatic carbocycles. The zero-order chi connectivity index (χ0) is 13.3. The van der Waals surface area contributed by atoms with Crippen LogP contribution >= 0.6 is 15.9 Å². The molecule has 1 saturated carbocycles. The molecule has 1 aliphatic carbocycles. The third kappa shape index (κ3) is 2.64. The summed E-state index contributed by atoms with van der Waals surface area (Å²) in [6, 6.07) is 5.11. The Balaban J connectivity index is 2.12. The first-order valence-corrected chi connectivity index (χ1v) is 6.40. The zero-order valence-corrected chi connectivity index (χ0v) is 11.4. The molecule has 1 amide bonds. The number of amides is 1. The van der Waals surface area contributed by atoms with Gasteiger partial charge in [-0.15, -0.1) is 0 Å². The number of nitrogens with two attached hydrogens (primary N) is 1. The molecule has 1 fully saturated rings. The predicted molar refractivity (Wildman–Crippen MR) is 72.6 cm³/mol. The topological polar surface area (TPSA) is 87.7 Å². The first-order chi connectivity index (χ1) is 8.52. The molecule has 18 heavy (non-hydrogen) atoms. The Kier molecular flexibility index (Phi) is 3.56. The van der Waals surface area contributed by atoms with Crippen molar-refractivity contribution in [3.05, 3.63) is 28.2 Å². The summed E-state index contributed by atoms with van der Waals surface area (Å²) in [7, 11) is 0. The van der Waals surface area contributed by atoms with E-state index in [0.717, 1.165) is 6.42 Å². The summed E-state index contributed by atoms with van der Waals surface area (Å²) >= 11 is 3.35. The summed E-state index contributed by atoms with van der Waals surface area (Å²) in [6.45, 7) is 2.06. The van der Waals surface area contributed by atoms with Gasteiger partial charge >= 0.3 is 0 Å². The number of nitrogens with one attached hydrogen (secondary N) is 1. The molecule has 0 spiro atoms. The number of hydrogen-bond donors (Lipinski definition) is 3. The van der Waals surface area contributed by atoms with Crippen molar-refractivity contribution in [1.82, 2.24) is 0 Å². The van der Waals surface area contributed by atoms with Crippen molar-refractivity contribution >= 4 is 33.4 Å². The number of carbonyl (C=O) groups excluding carboxylic acids is 1. The van der Waals surface area contributed by atoms with Crippen molar-refractivity contribution in [2.45, 2.75) is 13.3 Å². The van der Waals surface area contributed by atoms with E-state index in [2.05, 4.69) is 33.3 Å². The molecule has 4 N–H and O–H groups in total. The quantitative estimate of drug-likeness (QED) is 0.346. The lowest BCUT2D eigenvalue weighted by molar-refractivity contribution is -0.117. The number of amidine groups is 1. The van der Waals surface area contributed by atoms with E-state index in [1.807, 2.05) is 0 Å². The maximum atomic E-state index is 11.8. The molecule has 0 heterocycles. The standard InChI is InChI=1S/C12H14BrN3O2/c1-6-4-8(6)12(17)15-10-3-2-7(5-9(10)13)11(14)16-18/h2-3,5-6,8,18H,4H2,1H3,(H2,14,16)(H,15,17). The second kappa shape index (κ2) is 4.97. The maximum Gasteiger partial charge on any atom is 0.227 e. The summed E-state index contributed by atoms with van der Waals surface area (Å²) in [5.41, 5.74) is 6.76. The van der Waals surface area contributed by atoms with E-state index in [-0.39, 0.29) is 17.7 Å². The number of rotatable bonds is 3. The van der Waals surface area contributed by atoms with Crippen LogP contribution in [0, 0.1) is 11.8 Å². The zero-order valence-electron chi connectivity index (χ0n) is 9.85. The van der Waals surface area contributed by atoms with Gasteiger partial charge in [-0.05, 0) is 46.5 Å². The number of oxime groups is 1. The molecule has 0 radical (unpaired) electrons. The molecule has 5 nitrogen and oxygen atoms in total. The van der Waals surface area contributed by atoms with Gasteiger partial charge < -0.3 is 16.3 Å². The van der Waals surface area contributed by atoms with Gasteiger partial charge in [0.15, 0.2) is 5.84 Å². The summed E-state index contributed by atoms with van der Waals surface area (Å²) in [5.74, 6) is 0.671. The molecule has 1 aliphatic rings. The Morgan fingerprint density at radius 3 is 2.78 bits per heavy atom. The number of hydrogen-bond acceptors (Lipinski definition) is 3. The molecule has 0 aromatic heterocycles. The minimum Gasteiger partial charge on any atom is -0.409 e. The van der Waals surface area contributed by atoms with Crippen molar-refractivity contribution in [3.63, 3.8) is 0 Å². The number of anilines is 1. The van der Waals surface area contributed by atoms with Crippen LogP contribution < -0.4 is 11.1 Å². The Labute approximate surface area is 113 Å². The second-order valence-electron chi connectivity index (χ2n) is 4.49. The van der Waals surface area contributed by atoms with Gasteiger partial charge in [0.05, 0.1) is 5.69 Å². The van der Waals surface area contributed by atoms with Crippen LogP contribution in [0.1, 0.15) is 18.9 Å². The van der Waals surface area contributed by atoms with Gasteiger partial charge in [-0.2, -0.15) is 0 Å². The number of benzene rings is 1. The average molecular weight is 312 g/mol. The molecule has 96 valence electrons. The highest BCUT2D eigenvalue weighted by molar-refractivity contribution is 9.10. The fraction of sp³-hybridized carbons (Fsp3) is 0.333. The molecule has 6 heteroatoms. The summed E-state index contributed by atoms with van der Waals surface area (Å²) in [6.07, 6.45) is 0.950. The number of halogens is 1. The fourth-order valence-corrected chi connectivity index (χ4v) is 2.22. The van der Waals surface area contributed by atoms with Crippen LogP contribution in [0.25, 0.3) is 0 Å². The van der Waals surface area contributed by atoms with E-state index < -0.39 is 0 Å². The first-order valence-electron chi connectivity index (χ1n) is 5.61. The summed E-state index contributed by atoms with van der Waals surface area (Å²) in [4.78, 5) is 11.8. The van der Waals surface area contributed by atoms with Crippen molar-refractivity contribution in [2.75, 3.05) is 5.32 Å². The smallest absolute Gasteiger partial charge is 0.227 e. The summed E-state index contributed by atoms with van der Waals surface area (Å²) in [5, 5.41) is 14.4. The Morgan fingerprint density at radius 1 is 1.61 bits per heavy atom. The average Bonchev–Trinajstić information content (AvgIpc) is 3.08. The van der Waals surface area contributed by atoms with Crippen LogP contribution in [0.5, 0.6) is 0 Å². The van der Waals surface area contributed by atoms with Gasteiger partial charge in [0, 0.05) is 16.0 Å². The third-order valence-corrected chi connectivity index (χ3v) is 3.73. The van der Waals surface area contributed by atoms with Crippen LogP contribution in [0.4, 0.5) is 5.69 Å². The predicted octanol–water partition coefficient (Wildman–Crippen LogP) is 2.14. The molecule has 2 unspecified atom stereocenters. The fourth-order valence-electron chi connectivity index (χ4n) is 1.75. The van der Waals surface area contributed by atoms with Crippen molar-refractivity contribution in [1.29, 1.82) is 0 Å². The van der Waals surface area contributed by atoms with Gasteiger partial charge in [-0.1, -0.05) is 12.1 Å². The lowest BCUT2D eigenvalue weighted by Crippen LogP contribution is -2.16. The van der Waals surface area contributed by atoms with Gasteiger partial charge in [0.1, 0.15) is 0 Å². The SMILES string of the molecule is CC1CC1C(=O)Nc1ccc(/C(N)=N/O)cc1Br. The van der Waals surface area contributed by atoms with E-state index >= 15 is 0 Å². The summed E-state index contributed by atoms with van der Waals surface area (Å²) < 4.78 is 0.702. The second-order valence-corrected chi connectivity index (χ2v) is 5.34. The van der Waals surface area contributed by atoms with Crippen LogP contribution in [0.2, 0.25) is 0 Å². The van der Waals surface area contributed by atoms with Gasteiger partial charge in [0.2, 0.25) is 5.91 Å². The number of nitrogens with zero attached hydrogens (tertiary/aromatic N) is 1. The highest BCUT2D eigenvalue weighted by Crippen LogP contribution is 2.39. The lowest BCUT2D eigenvalue weighted by Gasteiger charge is -2.08.